The van der Waals surface area contributed by atoms with Crippen molar-refractivity contribution >= 4 is 5.91 Å². The zero-order valence-electron chi connectivity index (χ0n) is 70.0. The topological polar surface area (TPSA) is 307 Å². The van der Waals surface area contributed by atoms with Crippen molar-refractivity contribution in [2.75, 3.05) is 26.4 Å². The Hall–Kier alpha value is -1.99. The third-order valence-electron chi connectivity index (χ3n) is 23.2. The molecule has 17 unspecified atom stereocenters. The van der Waals surface area contributed by atoms with Crippen LogP contribution in [0.3, 0.4) is 0 Å². The maximum Gasteiger partial charge on any atom is 0.220 e. The first kappa shape index (κ1) is 102. The largest absolute Gasteiger partial charge is 0.394 e. The van der Waals surface area contributed by atoms with Crippen LogP contribution in [0.5, 0.6) is 0 Å². The van der Waals surface area contributed by atoms with Crippen LogP contribution >= 0.6 is 0 Å². The van der Waals surface area contributed by atoms with Gasteiger partial charge in [0.2, 0.25) is 5.91 Å². The number of ether oxygens (including phenoxy) is 6. The molecule has 19 nitrogen and oxygen atoms in total. The standard InChI is InChI=1S/C91H171NO18/c1-3-5-7-9-11-13-15-17-19-21-23-25-27-29-31-33-34-35-36-37-38-39-40-41-43-45-47-49-51-53-55-57-59-61-63-65-67-69-79(97)92-74(75(96)68-66-64-62-60-58-56-54-52-50-48-46-44-42-32-30-28-26-24-22-20-18-16-14-12-10-8-6-4-2)73-105-89-85(103)82(100)87(77(71-94)107-89)110-91-86(104)83(101)88(78(72-95)108-91)109-90-84(102)81(99)80(98)76(70-93)106-90/h50,52,58,60,66,68,74-78,80-91,93-96,98-104H,3-49,51,53-57,59,61-65,67,69-73H2,1-2H3,(H,92,97)/b52-50+,60-58+,68-66+. The van der Waals surface area contributed by atoms with Gasteiger partial charge >= 0.3 is 0 Å². The number of allylic oxidation sites excluding steroid dienone is 5. The predicted molar refractivity (Wildman–Crippen MR) is 443 cm³/mol. The second kappa shape index (κ2) is 71.1. The van der Waals surface area contributed by atoms with Gasteiger partial charge in [-0.3, -0.25) is 4.79 Å². The molecule has 0 spiro atoms. The molecule has 3 rings (SSSR count). The van der Waals surface area contributed by atoms with E-state index < -0.39 is 124 Å². The quantitative estimate of drug-likeness (QED) is 0.0199. The summed E-state index contributed by atoms with van der Waals surface area (Å²) in [7, 11) is 0. The number of carbonyl (C=O) groups is 1. The lowest BCUT2D eigenvalue weighted by atomic mass is 9.96. The van der Waals surface area contributed by atoms with Crippen molar-refractivity contribution in [1.29, 1.82) is 0 Å². The summed E-state index contributed by atoms with van der Waals surface area (Å²) in [6, 6.07) is -0.997. The number of rotatable bonds is 76. The number of aliphatic hydroxyl groups is 11. The molecule has 0 radical (unpaired) electrons. The van der Waals surface area contributed by atoms with Crippen LogP contribution in [-0.4, -0.2) is 193 Å². The van der Waals surface area contributed by atoms with Crippen molar-refractivity contribution in [3.63, 3.8) is 0 Å². The summed E-state index contributed by atoms with van der Waals surface area (Å²) in [5.74, 6) is -0.281. The van der Waals surface area contributed by atoms with Crippen molar-refractivity contribution in [1.82, 2.24) is 5.32 Å². The smallest absolute Gasteiger partial charge is 0.220 e. The minimum Gasteiger partial charge on any atom is -0.394 e. The molecule has 3 heterocycles. The maximum absolute atomic E-state index is 13.5. The molecule has 3 aliphatic heterocycles. The first-order chi connectivity index (χ1) is 53.8. The molecular formula is C91H171NO18. The van der Waals surface area contributed by atoms with Crippen LogP contribution < -0.4 is 5.32 Å². The van der Waals surface area contributed by atoms with E-state index in [1.807, 2.05) is 6.08 Å². The Morgan fingerprint density at radius 2 is 0.582 bits per heavy atom. The summed E-state index contributed by atoms with van der Waals surface area (Å²) in [6.07, 6.45) is 64.7. The van der Waals surface area contributed by atoms with Crippen LogP contribution in [0.1, 0.15) is 406 Å². The van der Waals surface area contributed by atoms with E-state index in [-0.39, 0.29) is 18.9 Å². The number of aliphatic hydroxyl groups excluding tert-OH is 11. The molecular weight excluding hydrogens is 1390 g/mol. The normalized spacial score (nSPS) is 25.3. The maximum atomic E-state index is 13.5. The van der Waals surface area contributed by atoms with Crippen LogP contribution in [0.15, 0.2) is 36.5 Å². The Labute approximate surface area is 670 Å². The minimum absolute atomic E-state index is 0.237. The molecule has 0 saturated carbocycles. The van der Waals surface area contributed by atoms with Crippen LogP contribution in [0.4, 0.5) is 0 Å². The number of hydrogen-bond acceptors (Lipinski definition) is 18. The number of unbranched alkanes of at least 4 members (excludes halogenated alkanes) is 56. The van der Waals surface area contributed by atoms with Crippen molar-refractivity contribution in [2.24, 2.45) is 0 Å². The SMILES string of the molecule is CCCCCCCCCCCCCCCCCCCC/C=C/CC/C=C/CC/C=C/C(O)C(COC1OC(CO)C(OC2OC(CO)C(OC3OC(CO)C(O)C(O)C3O)C(O)C2O)C(O)C1O)NC(=O)CCCCCCCCCCCCCCCCCCCCCCCCCCCCCCCCCCCCCCC. The molecule has 3 fully saturated rings. The van der Waals surface area contributed by atoms with Gasteiger partial charge in [-0.25, -0.2) is 0 Å². The van der Waals surface area contributed by atoms with Gasteiger partial charge in [0.05, 0.1) is 38.6 Å². The van der Waals surface area contributed by atoms with E-state index in [1.165, 1.54) is 327 Å². The highest BCUT2D eigenvalue weighted by molar-refractivity contribution is 5.76. The molecule has 0 aromatic carbocycles. The molecule has 648 valence electrons. The summed E-state index contributed by atoms with van der Waals surface area (Å²) in [4.78, 5) is 13.5. The monoisotopic (exact) mass is 1570 g/mol. The summed E-state index contributed by atoms with van der Waals surface area (Å²) < 4.78 is 34.5. The molecule has 3 aliphatic rings. The van der Waals surface area contributed by atoms with Gasteiger partial charge in [-0.2, -0.15) is 0 Å². The highest BCUT2D eigenvalue weighted by Gasteiger charge is 2.54. The first-order valence-corrected chi connectivity index (χ1v) is 46.2. The predicted octanol–water partition coefficient (Wildman–Crippen LogP) is 17.8. The zero-order chi connectivity index (χ0) is 79.5. The molecule has 3 saturated heterocycles. The Balaban J connectivity index is 1.32. The minimum atomic E-state index is -1.98. The second-order valence-electron chi connectivity index (χ2n) is 33.1. The fraction of sp³-hybridized carbons (Fsp3) is 0.923. The van der Waals surface area contributed by atoms with E-state index in [4.69, 9.17) is 28.4 Å². The number of carbonyl (C=O) groups excluding carboxylic acids is 1. The first-order valence-electron chi connectivity index (χ1n) is 46.2. The highest BCUT2D eigenvalue weighted by atomic mass is 16.8. The molecule has 0 aliphatic carbocycles. The van der Waals surface area contributed by atoms with Gasteiger partial charge in [-0.15, -0.1) is 0 Å². The van der Waals surface area contributed by atoms with Gasteiger partial charge < -0.3 is 89.9 Å². The second-order valence-corrected chi connectivity index (χ2v) is 33.1. The van der Waals surface area contributed by atoms with E-state index in [0.29, 0.717) is 12.8 Å². The fourth-order valence-electron chi connectivity index (χ4n) is 15.8. The molecule has 12 N–H and O–H groups in total. The summed E-state index contributed by atoms with van der Waals surface area (Å²) >= 11 is 0. The van der Waals surface area contributed by atoms with Gasteiger partial charge in [0.15, 0.2) is 18.9 Å². The summed E-state index contributed by atoms with van der Waals surface area (Å²) in [5.41, 5.74) is 0. The molecule has 0 bridgehead atoms. The van der Waals surface area contributed by atoms with Crippen LogP contribution in [0.25, 0.3) is 0 Å². The van der Waals surface area contributed by atoms with Crippen LogP contribution in [0.2, 0.25) is 0 Å². The van der Waals surface area contributed by atoms with E-state index in [1.54, 1.807) is 6.08 Å². The lowest BCUT2D eigenvalue weighted by Gasteiger charge is -2.48. The van der Waals surface area contributed by atoms with Gasteiger partial charge in [0.25, 0.3) is 0 Å². The summed E-state index contributed by atoms with van der Waals surface area (Å²) in [6.45, 7) is 1.78. The Morgan fingerprint density at radius 3 is 0.909 bits per heavy atom. The molecule has 17 atom stereocenters. The van der Waals surface area contributed by atoms with Crippen molar-refractivity contribution < 1.29 is 89.4 Å². The molecule has 0 aromatic rings. The fourth-order valence-corrected chi connectivity index (χ4v) is 15.8. The highest BCUT2D eigenvalue weighted by Crippen LogP contribution is 2.34. The zero-order valence-corrected chi connectivity index (χ0v) is 70.0. The van der Waals surface area contributed by atoms with E-state index in [9.17, 15) is 61.0 Å². The van der Waals surface area contributed by atoms with Crippen molar-refractivity contribution in [3.05, 3.63) is 36.5 Å². The third kappa shape index (κ3) is 49.3. The molecule has 0 aromatic heterocycles. The van der Waals surface area contributed by atoms with Crippen molar-refractivity contribution in [2.45, 2.75) is 510 Å². The van der Waals surface area contributed by atoms with Crippen LogP contribution in [0, 0.1) is 0 Å². The molecule has 1 amide bonds. The Bertz CT molecular complexity index is 2120. The number of nitrogens with one attached hydrogen (secondary N) is 1. The van der Waals surface area contributed by atoms with E-state index in [0.717, 1.165) is 44.9 Å². The van der Waals surface area contributed by atoms with E-state index >= 15 is 0 Å². The van der Waals surface area contributed by atoms with Gasteiger partial charge in [-0.1, -0.05) is 391 Å². The van der Waals surface area contributed by atoms with Gasteiger partial charge in [0, 0.05) is 6.42 Å². The lowest BCUT2D eigenvalue weighted by molar-refractivity contribution is -0.379. The van der Waals surface area contributed by atoms with Crippen molar-refractivity contribution in [3.8, 4) is 0 Å². The molecule has 19 heteroatoms. The Morgan fingerprint density at radius 1 is 0.318 bits per heavy atom. The van der Waals surface area contributed by atoms with E-state index in [2.05, 4.69) is 43.5 Å². The average Bonchev–Trinajstić information content (AvgIpc) is 0.777. The van der Waals surface area contributed by atoms with Gasteiger partial charge in [0.1, 0.15) is 73.2 Å². The summed E-state index contributed by atoms with van der Waals surface area (Å²) in [5, 5.41) is 121. The van der Waals surface area contributed by atoms with Gasteiger partial charge in [-0.05, 0) is 44.9 Å². The Kier molecular flexibility index (Phi) is 66.1. The number of amides is 1. The van der Waals surface area contributed by atoms with Crippen LogP contribution in [-0.2, 0) is 33.2 Å². The average molecular weight is 1570 g/mol. The third-order valence-corrected chi connectivity index (χ3v) is 23.2. The number of hydrogen-bond donors (Lipinski definition) is 12. The molecule has 110 heavy (non-hydrogen) atoms. The lowest BCUT2D eigenvalue weighted by Crippen LogP contribution is -2.66.